The lowest BCUT2D eigenvalue weighted by molar-refractivity contribution is 0.348. The molecule has 9 rings (SSSR count). The van der Waals surface area contributed by atoms with E-state index in [0.29, 0.717) is 5.56 Å². The molecule has 22 heteroatoms. The summed E-state index contributed by atoms with van der Waals surface area (Å²) in [6.45, 7) is 3.50. The maximum absolute atomic E-state index is 16.1. The molecule has 0 saturated heterocycles. The molecule has 0 saturated carbocycles. The number of hydrogen-bond acceptors (Lipinski definition) is 6. The molecule has 0 aliphatic carbocycles. The maximum atomic E-state index is 16.1. The summed E-state index contributed by atoms with van der Waals surface area (Å²) >= 11 is -1.59. The number of benzene rings is 9. The second-order valence-electron chi connectivity index (χ2n) is 16.3. The predicted octanol–water partition coefficient (Wildman–Crippen LogP) is 19.3. The van der Waals surface area contributed by atoms with Crippen molar-refractivity contribution in [1.82, 2.24) is 0 Å². The molecule has 9 aromatic carbocycles. The normalized spacial score (nSPS) is 11.1. The molecular weight excluding hydrogens is 1130 g/mol. The van der Waals surface area contributed by atoms with Crippen LogP contribution in [-0.2, 0) is 0 Å². The van der Waals surface area contributed by atoms with E-state index in [1.54, 1.807) is 0 Å². The van der Waals surface area contributed by atoms with Gasteiger partial charge in [-0.1, -0.05) is 121 Å². The lowest BCUT2D eigenvalue weighted by Gasteiger charge is -2.20. The zero-order valence-electron chi connectivity index (χ0n) is 39.4. The van der Waals surface area contributed by atoms with Crippen molar-refractivity contribution in [3.8, 4) is 80.6 Å². The first kappa shape index (κ1) is 55.8. The van der Waals surface area contributed by atoms with Gasteiger partial charge in [-0.05, 0) is 59.2 Å². The van der Waals surface area contributed by atoms with Gasteiger partial charge in [0.15, 0.2) is 46.5 Å². The van der Waals surface area contributed by atoms with Gasteiger partial charge in [0.2, 0.25) is 69.5 Å². The molecule has 0 amide bonds. The Hall–Kier alpha value is -8.94. The van der Waals surface area contributed by atoms with E-state index in [0.717, 1.165) is 30.3 Å². The lowest BCUT2D eigenvalue weighted by atomic mass is 9.97. The monoisotopic (exact) mass is 1150 g/mol. The first-order valence-electron chi connectivity index (χ1n) is 22.3. The number of hydrogen-bond donors (Lipinski definition) is 0. The molecule has 9 aromatic rings. The number of halogens is 16. The average Bonchev–Trinajstić information content (AvgIpc) is 3.51. The highest BCUT2D eigenvalue weighted by molar-refractivity contribution is 7.99. The van der Waals surface area contributed by atoms with E-state index in [1.807, 2.05) is 0 Å². The van der Waals surface area contributed by atoms with Gasteiger partial charge in [-0.2, -0.15) is 35.1 Å². The molecule has 0 heterocycles. The SMILES string of the molecule is C#Cc1cccc(Oc2c(F)c(F)c(Sc3c(F)c(F)c(Oc4cc(-c5ccccc5)c(Oc5c(F)c(F)c(Sc6c(F)c(F)c(Oc7cccc(C=C)c7)c(F)c6F)c(F)c5F)cc4-c4ccccc4)c(F)c3F)c(F)c2F)c1. The number of rotatable bonds is 15. The maximum Gasteiger partial charge on any atom is 0.205 e. The van der Waals surface area contributed by atoms with Gasteiger partial charge >= 0.3 is 0 Å². The summed E-state index contributed by atoms with van der Waals surface area (Å²) in [5.41, 5.74) is -0.389. The van der Waals surface area contributed by atoms with Gasteiger partial charge in [0, 0.05) is 16.7 Å². The van der Waals surface area contributed by atoms with Crippen LogP contribution in [0.15, 0.2) is 147 Å². The first-order valence-corrected chi connectivity index (χ1v) is 24.0. The minimum Gasteiger partial charge on any atom is -0.451 e. The van der Waals surface area contributed by atoms with Crippen molar-refractivity contribution in [3.63, 3.8) is 0 Å². The van der Waals surface area contributed by atoms with Crippen LogP contribution >= 0.6 is 23.5 Å². The van der Waals surface area contributed by atoms with Gasteiger partial charge in [0.25, 0.3) is 0 Å². The van der Waals surface area contributed by atoms with Gasteiger partial charge in [0.1, 0.15) is 23.0 Å². The summed E-state index contributed by atoms with van der Waals surface area (Å²) in [6, 6.07) is 25.3. The zero-order valence-corrected chi connectivity index (χ0v) is 41.0. The molecule has 0 radical (unpaired) electrons. The molecule has 4 nitrogen and oxygen atoms in total. The highest BCUT2D eigenvalue weighted by Crippen LogP contribution is 2.50. The van der Waals surface area contributed by atoms with Crippen LogP contribution in [0.5, 0.6) is 46.0 Å². The van der Waals surface area contributed by atoms with Crippen molar-refractivity contribution in [1.29, 1.82) is 0 Å². The Morgan fingerprint density at radius 2 is 0.662 bits per heavy atom. The fourth-order valence-corrected chi connectivity index (χ4v) is 9.35. The van der Waals surface area contributed by atoms with Gasteiger partial charge in [-0.3, -0.25) is 0 Å². The van der Waals surface area contributed by atoms with Crippen molar-refractivity contribution in [3.05, 3.63) is 232 Å². The van der Waals surface area contributed by atoms with E-state index >= 15 is 70.2 Å². The third-order valence-electron chi connectivity index (χ3n) is 11.3. The molecule has 0 aliphatic rings. The van der Waals surface area contributed by atoms with E-state index in [2.05, 4.69) is 12.5 Å². The molecular formula is C58H24F16O4S2. The van der Waals surface area contributed by atoms with Gasteiger partial charge in [-0.15, -0.1) is 6.42 Å². The minimum absolute atomic E-state index is 0.0252. The molecule has 404 valence electrons. The predicted molar refractivity (Wildman–Crippen MR) is 262 cm³/mol. The topological polar surface area (TPSA) is 36.9 Å². The molecule has 0 aromatic heterocycles. The Morgan fingerprint density at radius 3 is 0.988 bits per heavy atom. The van der Waals surface area contributed by atoms with Crippen LogP contribution < -0.4 is 18.9 Å². The third kappa shape index (κ3) is 10.4. The molecule has 0 N–H and O–H groups in total. The van der Waals surface area contributed by atoms with Crippen LogP contribution in [0.3, 0.4) is 0 Å². The molecule has 0 atom stereocenters. The van der Waals surface area contributed by atoms with Crippen LogP contribution in [0.2, 0.25) is 0 Å². The zero-order chi connectivity index (χ0) is 57.4. The first-order chi connectivity index (χ1) is 38.2. The van der Waals surface area contributed by atoms with Crippen molar-refractivity contribution in [2.45, 2.75) is 19.6 Å². The van der Waals surface area contributed by atoms with E-state index in [9.17, 15) is 0 Å². The smallest absolute Gasteiger partial charge is 0.205 e. The Kier molecular flexibility index (Phi) is 15.9. The molecule has 80 heavy (non-hydrogen) atoms. The standard InChI is InChI=1S/C58H24F16O4S2/c1-3-25-13-11-19-29(21-25)75-51-35(59)43(67)55(44(68)36(51)60)79-57-47(71)39(63)53(40(64)48(57)72)77-33-23-32(28-17-9-6-10-18-28)34(24-31(33)27-15-7-5-8-16-27)78-54-41(65)49(73)58(50(74)42(54)66)80-56-45(69)37(61)52(38(62)46(56)70)76-30-20-12-14-26(4-2)22-30/h1,4-24H,2H2. The Morgan fingerprint density at radius 1 is 0.350 bits per heavy atom. The number of ether oxygens (including phenoxy) is 4. The quantitative estimate of drug-likeness (QED) is 0.0578. The van der Waals surface area contributed by atoms with E-state index in [-0.39, 0.29) is 22.4 Å². The highest BCUT2D eigenvalue weighted by Gasteiger charge is 2.36. The molecule has 0 unspecified atom stereocenters. The average molecular weight is 1150 g/mol. The largest absolute Gasteiger partial charge is 0.451 e. The Balaban J connectivity index is 1.09. The van der Waals surface area contributed by atoms with Crippen LogP contribution in [0, 0.1) is 105 Å². The second-order valence-corrected chi connectivity index (χ2v) is 18.3. The van der Waals surface area contributed by atoms with Crippen molar-refractivity contribution in [2.24, 2.45) is 0 Å². The van der Waals surface area contributed by atoms with Gasteiger partial charge in [0.05, 0.1) is 19.6 Å². The van der Waals surface area contributed by atoms with E-state index < -0.39 is 188 Å². The van der Waals surface area contributed by atoms with E-state index in [1.165, 1.54) is 97.1 Å². The molecule has 0 aliphatic heterocycles. The van der Waals surface area contributed by atoms with Crippen molar-refractivity contribution >= 4 is 29.6 Å². The Labute approximate surface area is 449 Å². The summed E-state index contributed by atoms with van der Waals surface area (Å²) in [6.07, 6.45) is 6.59. The van der Waals surface area contributed by atoms with E-state index in [4.69, 9.17) is 25.4 Å². The fraction of sp³-hybridized carbons (Fsp3) is 0. The fourth-order valence-electron chi connectivity index (χ4n) is 7.51. The summed E-state index contributed by atoms with van der Waals surface area (Å²) in [7, 11) is 0. The van der Waals surface area contributed by atoms with Crippen LogP contribution in [0.25, 0.3) is 28.3 Å². The minimum atomic E-state index is -2.41. The summed E-state index contributed by atoms with van der Waals surface area (Å²) in [5.74, 6) is -44.3. The van der Waals surface area contributed by atoms with Gasteiger partial charge < -0.3 is 18.9 Å². The summed E-state index contributed by atoms with van der Waals surface area (Å²) in [4.78, 5) is -7.35. The summed E-state index contributed by atoms with van der Waals surface area (Å²) < 4.78 is 272. The third-order valence-corrected chi connectivity index (χ3v) is 13.6. The number of terminal acetylenes is 1. The highest BCUT2D eigenvalue weighted by atomic mass is 32.2. The lowest BCUT2D eigenvalue weighted by Crippen LogP contribution is -2.07. The van der Waals surface area contributed by atoms with Crippen molar-refractivity contribution in [2.75, 3.05) is 0 Å². The molecule has 0 bridgehead atoms. The van der Waals surface area contributed by atoms with Crippen molar-refractivity contribution < 1.29 is 89.2 Å². The van der Waals surface area contributed by atoms with Crippen LogP contribution in [0.4, 0.5) is 70.2 Å². The second kappa shape index (κ2) is 22.8. The van der Waals surface area contributed by atoms with Gasteiger partial charge in [-0.25, -0.2) is 35.1 Å². The summed E-state index contributed by atoms with van der Waals surface area (Å²) in [5, 5.41) is 0. The van der Waals surface area contributed by atoms with Crippen LogP contribution in [0.1, 0.15) is 11.1 Å². The molecule has 0 fully saturated rings. The molecule has 0 spiro atoms. The van der Waals surface area contributed by atoms with Crippen LogP contribution in [-0.4, -0.2) is 0 Å². The Bertz CT molecular complexity index is 3910.